The van der Waals surface area contributed by atoms with Gasteiger partial charge in [0, 0.05) is 36.3 Å². The van der Waals surface area contributed by atoms with Crippen molar-refractivity contribution >= 4 is 27.8 Å². The van der Waals surface area contributed by atoms with E-state index in [1.165, 1.54) is 16.0 Å². The van der Waals surface area contributed by atoms with Crippen LogP contribution < -0.4 is 10.0 Å². The molecule has 0 aromatic heterocycles. The molecule has 6 rings (SSSR count). The van der Waals surface area contributed by atoms with Crippen LogP contribution in [0.25, 0.3) is 0 Å². The van der Waals surface area contributed by atoms with Crippen LogP contribution in [0.2, 0.25) is 0 Å². The van der Waals surface area contributed by atoms with Crippen molar-refractivity contribution in [3.8, 4) is 0 Å². The van der Waals surface area contributed by atoms with E-state index in [1.807, 2.05) is 0 Å². The number of aryl methyl sites for hydroxylation is 2. The Morgan fingerprint density at radius 1 is 0.973 bits per heavy atom. The fraction of sp³-hybridized carbons (Fsp3) is 0.630. The van der Waals surface area contributed by atoms with Gasteiger partial charge in [-0.1, -0.05) is 12.1 Å². The summed E-state index contributed by atoms with van der Waals surface area (Å²) in [6, 6.07) is 1.94. The van der Waals surface area contributed by atoms with Crippen LogP contribution in [-0.4, -0.2) is 67.2 Å². The van der Waals surface area contributed by atoms with Gasteiger partial charge < -0.3 is 15.3 Å². The van der Waals surface area contributed by atoms with Crippen LogP contribution in [0.15, 0.2) is 17.6 Å². The number of carboxylic acid groups (broad SMARTS) is 1. The Balaban J connectivity index is 1.08. The van der Waals surface area contributed by atoms with Gasteiger partial charge in [0.1, 0.15) is 0 Å². The molecule has 0 spiro atoms. The summed E-state index contributed by atoms with van der Waals surface area (Å²) in [5.74, 6) is 0.780. The third-order valence-corrected chi connectivity index (χ3v) is 10.2. The molecule has 1 aromatic carbocycles. The van der Waals surface area contributed by atoms with Crippen LogP contribution in [-0.2, 0) is 35.7 Å². The molecule has 3 atom stereocenters. The summed E-state index contributed by atoms with van der Waals surface area (Å²) in [6.07, 6.45) is 10.7. The van der Waals surface area contributed by atoms with Gasteiger partial charge in [0.15, 0.2) is 0 Å². The minimum Gasteiger partial charge on any atom is -0.465 e. The Kier molecular flexibility index (Phi) is 6.43. The standard InChI is InChI=1S/C27H36N4O5S/c32-26(28-25-23-7-1-4-17(23)12-18-5-2-8-24(18)25)29-37(35,36)11-9-21-6-3-10-31(21)22-13-19-15-30(27(33)34)16-20(19)14-22/h9,11-12,19-22H,1-8,10,13-16H2,(H,33,34)(H2,28,29,32)/b11-9+/t19?,20?,21-,22?/m1/s1. The lowest BCUT2D eigenvalue weighted by Gasteiger charge is -2.30. The number of carbonyl (C=O) groups is 2. The minimum absolute atomic E-state index is 0.0136. The Hall–Kier alpha value is -2.59. The number of sulfonamides is 1. The molecule has 3 N–H and O–H groups in total. The first kappa shape index (κ1) is 24.7. The van der Waals surface area contributed by atoms with Crippen molar-refractivity contribution in [2.75, 3.05) is 25.0 Å². The van der Waals surface area contributed by atoms with Crippen LogP contribution in [0.5, 0.6) is 0 Å². The fourth-order valence-corrected chi connectivity index (χ4v) is 8.40. The van der Waals surface area contributed by atoms with E-state index >= 15 is 0 Å². The van der Waals surface area contributed by atoms with E-state index in [4.69, 9.17) is 0 Å². The fourth-order valence-electron chi connectivity index (χ4n) is 7.63. The second-order valence-corrected chi connectivity index (χ2v) is 13.0. The second kappa shape index (κ2) is 9.62. The second-order valence-electron chi connectivity index (χ2n) is 11.4. The molecule has 1 aromatic rings. The zero-order chi connectivity index (χ0) is 25.7. The molecule has 37 heavy (non-hydrogen) atoms. The van der Waals surface area contributed by atoms with Gasteiger partial charge in [0.25, 0.3) is 10.0 Å². The van der Waals surface area contributed by atoms with Gasteiger partial charge in [0.05, 0.1) is 0 Å². The molecule has 1 saturated carbocycles. The molecule has 2 unspecified atom stereocenters. The lowest BCUT2D eigenvalue weighted by Crippen LogP contribution is -2.39. The number of rotatable bonds is 5. The van der Waals surface area contributed by atoms with Crippen LogP contribution in [0.1, 0.15) is 60.8 Å². The molecule has 0 bridgehead atoms. The Morgan fingerprint density at radius 2 is 1.62 bits per heavy atom. The number of hydrogen-bond acceptors (Lipinski definition) is 5. The van der Waals surface area contributed by atoms with Crippen LogP contribution in [0.3, 0.4) is 0 Å². The van der Waals surface area contributed by atoms with E-state index in [0.29, 0.717) is 31.0 Å². The molecule has 3 fully saturated rings. The van der Waals surface area contributed by atoms with E-state index in [-0.39, 0.29) is 6.04 Å². The highest BCUT2D eigenvalue weighted by molar-refractivity contribution is 7.92. The summed E-state index contributed by atoms with van der Waals surface area (Å²) >= 11 is 0. The van der Waals surface area contributed by atoms with Gasteiger partial charge in [0.2, 0.25) is 0 Å². The quantitative estimate of drug-likeness (QED) is 0.538. The number of benzene rings is 1. The number of hydrogen-bond donors (Lipinski definition) is 3. The number of anilines is 1. The average molecular weight is 529 g/mol. The first-order valence-corrected chi connectivity index (χ1v) is 15.2. The van der Waals surface area contributed by atoms with Crippen molar-refractivity contribution in [3.63, 3.8) is 0 Å². The van der Waals surface area contributed by atoms with Crippen molar-refractivity contribution in [2.45, 2.75) is 76.3 Å². The van der Waals surface area contributed by atoms with Gasteiger partial charge >= 0.3 is 12.1 Å². The predicted octanol–water partition coefficient (Wildman–Crippen LogP) is 3.48. The van der Waals surface area contributed by atoms with Gasteiger partial charge in [-0.25, -0.2) is 22.7 Å². The predicted molar refractivity (Wildman–Crippen MR) is 140 cm³/mol. The number of likely N-dealkylation sites (tertiary alicyclic amines) is 2. The molecule has 2 heterocycles. The summed E-state index contributed by atoms with van der Waals surface area (Å²) < 4.78 is 27.8. The number of amides is 3. The third-order valence-electron chi connectivity index (χ3n) is 9.23. The monoisotopic (exact) mass is 528 g/mol. The summed E-state index contributed by atoms with van der Waals surface area (Å²) in [5, 5.41) is 13.3. The molecule has 3 aliphatic carbocycles. The molecular formula is C27H36N4O5S. The Labute approximate surface area is 218 Å². The molecular weight excluding hydrogens is 492 g/mol. The molecule has 10 heteroatoms. The first-order chi connectivity index (χ1) is 17.8. The van der Waals surface area contributed by atoms with Crippen molar-refractivity contribution in [2.24, 2.45) is 11.8 Å². The van der Waals surface area contributed by atoms with Crippen molar-refractivity contribution in [1.29, 1.82) is 0 Å². The van der Waals surface area contributed by atoms with Crippen LogP contribution >= 0.6 is 0 Å². The van der Waals surface area contributed by atoms with Crippen LogP contribution in [0, 0.1) is 11.8 Å². The molecule has 5 aliphatic rings. The minimum atomic E-state index is -3.94. The zero-order valence-electron chi connectivity index (χ0n) is 21.1. The highest BCUT2D eigenvalue weighted by atomic mass is 32.2. The van der Waals surface area contributed by atoms with Crippen molar-refractivity contribution in [1.82, 2.24) is 14.5 Å². The number of nitrogens with one attached hydrogen (secondary N) is 2. The first-order valence-electron chi connectivity index (χ1n) is 13.7. The van der Waals surface area contributed by atoms with E-state index in [1.54, 1.807) is 6.08 Å². The highest BCUT2D eigenvalue weighted by Gasteiger charge is 2.45. The van der Waals surface area contributed by atoms with Gasteiger partial charge in [-0.05, 0) is 105 Å². The summed E-state index contributed by atoms with van der Waals surface area (Å²) in [7, 11) is -3.94. The van der Waals surface area contributed by atoms with Crippen LogP contribution in [0.4, 0.5) is 15.3 Å². The van der Waals surface area contributed by atoms with Gasteiger partial charge in [-0.15, -0.1) is 0 Å². The van der Waals surface area contributed by atoms with E-state index in [9.17, 15) is 23.1 Å². The number of carbonyl (C=O) groups excluding carboxylic acids is 1. The van der Waals surface area contributed by atoms with Crippen molar-refractivity contribution in [3.05, 3.63) is 39.8 Å². The molecule has 2 saturated heterocycles. The van der Waals surface area contributed by atoms with Gasteiger partial charge in [-0.3, -0.25) is 4.90 Å². The highest BCUT2D eigenvalue weighted by Crippen LogP contribution is 2.42. The summed E-state index contributed by atoms with van der Waals surface area (Å²) in [6.45, 7) is 2.12. The number of nitrogens with zero attached hydrogens (tertiary/aromatic N) is 2. The third kappa shape index (κ3) is 4.85. The molecule has 200 valence electrons. The zero-order valence-corrected chi connectivity index (χ0v) is 21.9. The Bertz CT molecular complexity index is 1200. The normalized spacial score (nSPS) is 29.0. The molecule has 9 nitrogen and oxygen atoms in total. The maximum atomic E-state index is 12.8. The smallest absolute Gasteiger partial charge is 0.407 e. The van der Waals surface area contributed by atoms with E-state index < -0.39 is 22.1 Å². The maximum absolute atomic E-state index is 12.8. The molecule has 3 amide bonds. The molecule has 2 aliphatic heterocycles. The van der Waals surface area contributed by atoms with Gasteiger partial charge in [-0.2, -0.15) is 0 Å². The van der Waals surface area contributed by atoms with Crippen molar-refractivity contribution < 1.29 is 23.1 Å². The molecule has 0 radical (unpaired) electrons. The SMILES string of the molecule is O=C(Nc1c2c(cc3c1CCC3)CCC2)NS(=O)(=O)/C=C/[C@H]1CCCN1C1CC2CN(C(=O)O)CC2C1. The summed E-state index contributed by atoms with van der Waals surface area (Å²) in [4.78, 5) is 28.0. The number of urea groups is 1. The number of fused-ring (bicyclic) bond motifs is 3. The average Bonchev–Trinajstić information content (AvgIpc) is 3.64. The lowest BCUT2D eigenvalue weighted by atomic mass is 9.99. The maximum Gasteiger partial charge on any atom is 0.407 e. The lowest BCUT2D eigenvalue weighted by molar-refractivity contribution is 0.146. The largest absolute Gasteiger partial charge is 0.465 e. The Morgan fingerprint density at radius 3 is 2.24 bits per heavy atom. The van der Waals surface area contributed by atoms with E-state index in [2.05, 4.69) is 21.0 Å². The summed E-state index contributed by atoms with van der Waals surface area (Å²) in [5.41, 5.74) is 5.73. The van der Waals surface area contributed by atoms with E-state index in [0.717, 1.165) is 93.0 Å². The topological polar surface area (TPSA) is 119 Å².